The van der Waals surface area contributed by atoms with Crippen LogP contribution in [0.4, 0.5) is 0 Å². The van der Waals surface area contributed by atoms with Gasteiger partial charge in [0.05, 0.1) is 12.7 Å². The van der Waals surface area contributed by atoms with Crippen LogP contribution in [0.3, 0.4) is 0 Å². The van der Waals surface area contributed by atoms with E-state index in [-0.39, 0.29) is 17.7 Å². The molecule has 1 aliphatic heterocycles. The zero-order valence-corrected chi connectivity index (χ0v) is 18.8. The molecule has 6 nitrogen and oxygen atoms in total. The highest BCUT2D eigenvalue weighted by Crippen LogP contribution is 2.19. The second kappa shape index (κ2) is 10.4. The summed E-state index contributed by atoms with van der Waals surface area (Å²) >= 11 is 0. The number of hydrogen-bond acceptors (Lipinski definition) is 5. The fraction of sp³-hybridized carbons (Fsp3) is 0.296. The first-order valence-electron chi connectivity index (χ1n) is 11.3. The summed E-state index contributed by atoms with van der Waals surface area (Å²) in [4.78, 5) is 37.1. The average Bonchev–Trinajstić information content (AvgIpc) is 2.86. The third kappa shape index (κ3) is 5.46. The van der Waals surface area contributed by atoms with Gasteiger partial charge >= 0.3 is 5.97 Å². The lowest BCUT2D eigenvalue weighted by atomic mass is 10.0. The van der Waals surface area contributed by atoms with Gasteiger partial charge in [0.15, 0.2) is 5.78 Å². The number of hydrazine groups is 1. The topological polar surface area (TPSA) is 66.9 Å². The van der Waals surface area contributed by atoms with E-state index in [0.717, 1.165) is 29.3 Å². The number of esters is 1. The first-order valence-corrected chi connectivity index (χ1v) is 11.3. The molecule has 1 aliphatic rings. The van der Waals surface area contributed by atoms with Crippen LogP contribution in [0.5, 0.6) is 0 Å². The Bertz CT molecular complexity index is 1160. The molecule has 0 bridgehead atoms. The molecule has 0 aliphatic carbocycles. The molecule has 0 spiro atoms. The highest BCUT2D eigenvalue weighted by Gasteiger charge is 2.26. The molecule has 1 amide bonds. The van der Waals surface area contributed by atoms with Crippen molar-refractivity contribution in [3.8, 4) is 0 Å². The summed E-state index contributed by atoms with van der Waals surface area (Å²) in [6, 6.07) is 21.0. The quantitative estimate of drug-likeness (QED) is 0.383. The molecule has 3 aromatic rings. The third-order valence-corrected chi connectivity index (χ3v) is 6.09. The molecule has 0 saturated carbocycles. The molecule has 0 unspecified atom stereocenters. The van der Waals surface area contributed by atoms with E-state index < -0.39 is 0 Å². The van der Waals surface area contributed by atoms with Gasteiger partial charge in [0.1, 0.15) is 0 Å². The Morgan fingerprint density at radius 3 is 2.39 bits per heavy atom. The van der Waals surface area contributed by atoms with E-state index in [2.05, 4.69) is 0 Å². The van der Waals surface area contributed by atoms with Gasteiger partial charge in [0.2, 0.25) is 5.91 Å². The Labute approximate surface area is 193 Å². The van der Waals surface area contributed by atoms with Crippen LogP contribution < -0.4 is 0 Å². The molecule has 3 aromatic carbocycles. The SMILES string of the molecule is COC(=O)c1ccc(CCN2C(=O)CCCN2CCC(=O)c2ccc3ccccc3c2)cc1. The van der Waals surface area contributed by atoms with Gasteiger partial charge in [-0.3, -0.25) is 14.6 Å². The maximum Gasteiger partial charge on any atom is 0.337 e. The molecule has 1 saturated heterocycles. The lowest BCUT2D eigenvalue weighted by Crippen LogP contribution is -2.51. The number of hydrogen-bond donors (Lipinski definition) is 0. The minimum Gasteiger partial charge on any atom is -0.465 e. The van der Waals surface area contributed by atoms with Gasteiger partial charge in [-0.05, 0) is 47.4 Å². The Hall–Kier alpha value is -3.51. The molecule has 170 valence electrons. The van der Waals surface area contributed by atoms with Crippen molar-refractivity contribution in [2.75, 3.05) is 26.7 Å². The van der Waals surface area contributed by atoms with E-state index in [1.54, 1.807) is 17.1 Å². The van der Waals surface area contributed by atoms with Crippen molar-refractivity contribution in [3.05, 3.63) is 83.4 Å². The van der Waals surface area contributed by atoms with E-state index in [4.69, 9.17) is 4.74 Å². The van der Waals surface area contributed by atoms with Crippen molar-refractivity contribution in [3.63, 3.8) is 0 Å². The van der Waals surface area contributed by atoms with Crippen LogP contribution in [0.2, 0.25) is 0 Å². The van der Waals surface area contributed by atoms with Crippen molar-refractivity contribution in [1.82, 2.24) is 10.0 Å². The summed E-state index contributed by atoms with van der Waals surface area (Å²) < 4.78 is 4.73. The van der Waals surface area contributed by atoms with E-state index in [9.17, 15) is 14.4 Å². The van der Waals surface area contributed by atoms with Crippen molar-refractivity contribution < 1.29 is 19.1 Å². The second-order valence-corrected chi connectivity index (χ2v) is 8.25. The van der Waals surface area contributed by atoms with E-state index in [0.29, 0.717) is 43.5 Å². The van der Waals surface area contributed by atoms with Crippen LogP contribution in [0.25, 0.3) is 10.8 Å². The Balaban J connectivity index is 1.36. The lowest BCUT2D eigenvalue weighted by Gasteiger charge is -2.38. The van der Waals surface area contributed by atoms with Gasteiger partial charge in [-0.15, -0.1) is 0 Å². The zero-order chi connectivity index (χ0) is 23.2. The number of carbonyl (C=O) groups is 3. The van der Waals surface area contributed by atoms with E-state index in [1.807, 2.05) is 59.6 Å². The average molecular weight is 445 g/mol. The first-order chi connectivity index (χ1) is 16.0. The van der Waals surface area contributed by atoms with E-state index >= 15 is 0 Å². The predicted molar refractivity (Wildman–Crippen MR) is 127 cm³/mol. The van der Waals surface area contributed by atoms with E-state index in [1.165, 1.54) is 7.11 Å². The van der Waals surface area contributed by atoms with Crippen LogP contribution in [0.15, 0.2) is 66.7 Å². The van der Waals surface area contributed by atoms with Crippen LogP contribution in [-0.2, 0) is 16.0 Å². The Morgan fingerprint density at radius 2 is 1.64 bits per heavy atom. The van der Waals surface area contributed by atoms with Crippen molar-refractivity contribution in [1.29, 1.82) is 0 Å². The maximum absolute atomic E-state index is 12.8. The van der Waals surface area contributed by atoms with Crippen LogP contribution in [-0.4, -0.2) is 54.4 Å². The summed E-state index contributed by atoms with van der Waals surface area (Å²) in [6.45, 7) is 1.82. The summed E-state index contributed by atoms with van der Waals surface area (Å²) in [5, 5.41) is 5.96. The summed E-state index contributed by atoms with van der Waals surface area (Å²) in [6.07, 6.45) is 2.35. The molecule has 6 heteroatoms. The molecule has 0 aromatic heterocycles. The Kier molecular flexibility index (Phi) is 7.15. The summed E-state index contributed by atoms with van der Waals surface area (Å²) in [5.41, 5.74) is 2.24. The van der Waals surface area contributed by atoms with Crippen molar-refractivity contribution in [2.45, 2.75) is 25.7 Å². The van der Waals surface area contributed by atoms with Gasteiger partial charge in [-0.25, -0.2) is 9.80 Å². The number of rotatable bonds is 8. The van der Waals surface area contributed by atoms with Gasteiger partial charge < -0.3 is 4.74 Å². The zero-order valence-electron chi connectivity index (χ0n) is 18.8. The van der Waals surface area contributed by atoms with Crippen molar-refractivity contribution in [2.24, 2.45) is 0 Å². The number of Topliss-reactive ketones (excluding diaryl/α,β-unsaturated/α-hetero) is 1. The van der Waals surface area contributed by atoms with Gasteiger partial charge in [0, 0.05) is 38.0 Å². The van der Waals surface area contributed by atoms with Crippen LogP contribution >= 0.6 is 0 Å². The molecular weight excluding hydrogens is 416 g/mol. The summed E-state index contributed by atoms with van der Waals surface area (Å²) in [5.74, 6) is -0.197. The predicted octanol–water partition coefficient (Wildman–Crippen LogP) is 4.28. The second-order valence-electron chi connectivity index (χ2n) is 8.25. The standard InChI is InChI=1S/C27H28N2O4/c1-33-27(32)22-10-8-20(9-11-22)14-18-29-26(31)7-4-16-28(29)17-15-25(30)24-13-12-21-5-2-3-6-23(21)19-24/h2-3,5-6,8-13,19H,4,7,14-18H2,1H3. The number of ketones is 1. The number of ether oxygens (including phenoxy) is 1. The monoisotopic (exact) mass is 444 g/mol. The molecule has 33 heavy (non-hydrogen) atoms. The third-order valence-electron chi connectivity index (χ3n) is 6.09. The normalized spacial score (nSPS) is 14.5. The molecule has 1 heterocycles. The molecule has 0 radical (unpaired) electrons. The molecule has 0 atom stereocenters. The molecule has 1 fully saturated rings. The number of carbonyl (C=O) groups excluding carboxylic acids is 3. The lowest BCUT2D eigenvalue weighted by molar-refractivity contribution is -0.155. The highest BCUT2D eigenvalue weighted by atomic mass is 16.5. The largest absolute Gasteiger partial charge is 0.465 e. The molecule has 4 rings (SSSR count). The fourth-order valence-corrected chi connectivity index (χ4v) is 4.22. The van der Waals surface area contributed by atoms with Crippen LogP contribution in [0.1, 0.15) is 45.5 Å². The number of nitrogens with zero attached hydrogens (tertiary/aromatic N) is 2. The molecule has 0 N–H and O–H groups in total. The number of amides is 1. The number of fused-ring (bicyclic) bond motifs is 1. The minimum atomic E-state index is -0.366. The maximum atomic E-state index is 12.8. The smallest absolute Gasteiger partial charge is 0.337 e. The summed E-state index contributed by atoms with van der Waals surface area (Å²) in [7, 11) is 1.36. The first kappa shape index (κ1) is 22.7. The van der Waals surface area contributed by atoms with Crippen LogP contribution in [0, 0.1) is 0 Å². The number of benzene rings is 3. The number of methoxy groups -OCH3 is 1. The van der Waals surface area contributed by atoms with Gasteiger partial charge in [-0.1, -0.05) is 48.5 Å². The fourth-order valence-electron chi connectivity index (χ4n) is 4.22. The van der Waals surface area contributed by atoms with Gasteiger partial charge in [0.25, 0.3) is 0 Å². The van der Waals surface area contributed by atoms with Gasteiger partial charge in [-0.2, -0.15) is 0 Å². The minimum absolute atomic E-state index is 0.0807. The van der Waals surface area contributed by atoms with Crippen molar-refractivity contribution >= 4 is 28.4 Å². The highest BCUT2D eigenvalue weighted by molar-refractivity contribution is 6.00. The Morgan fingerprint density at radius 1 is 0.909 bits per heavy atom. The molecular formula is C27H28N2O4.